The Bertz CT molecular complexity index is 1210. The first-order valence-corrected chi connectivity index (χ1v) is 13.8. The summed E-state index contributed by atoms with van der Waals surface area (Å²) in [6.07, 6.45) is 9.95. The Balaban J connectivity index is 1.41. The van der Waals surface area contributed by atoms with Gasteiger partial charge >= 0.3 is 5.97 Å². The van der Waals surface area contributed by atoms with Crippen molar-refractivity contribution < 1.29 is 19.8 Å². The summed E-state index contributed by atoms with van der Waals surface area (Å²) in [5.74, 6) is -0.287. The van der Waals surface area contributed by atoms with Crippen molar-refractivity contribution in [2.45, 2.75) is 76.9 Å². The molecule has 2 N–H and O–H groups in total. The minimum absolute atomic E-state index is 0.0128. The second kappa shape index (κ2) is 10.1. The third kappa shape index (κ3) is 4.86. The number of carbonyl (C=O) groups excluding carboxylic acids is 1. The number of nitrogens with zero attached hydrogens (tertiary/aromatic N) is 2. The van der Waals surface area contributed by atoms with Crippen LogP contribution in [0.1, 0.15) is 75.1 Å². The fraction of sp³-hybridized carbons (Fsp3) is 0.567. The number of hydrogen-bond acceptors (Lipinski definition) is 4. The first kappa shape index (κ1) is 25.7. The van der Waals surface area contributed by atoms with Crippen LogP contribution >= 0.6 is 0 Å². The molecule has 1 saturated heterocycles. The maximum atomic E-state index is 13.4. The Hall–Kier alpha value is -2.93. The van der Waals surface area contributed by atoms with Crippen LogP contribution in [0.2, 0.25) is 0 Å². The second-order valence-corrected chi connectivity index (χ2v) is 11.7. The van der Waals surface area contributed by atoms with E-state index in [0.717, 1.165) is 32.1 Å². The van der Waals surface area contributed by atoms with E-state index in [-0.39, 0.29) is 29.5 Å². The zero-order chi connectivity index (χ0) is 26.2. The third-order valence-corrected chi connectivity index (χ3v) is 9.35. The van der Waals surface area contributed by atoms with E-state index in [4.69, 9.17) is 0 Å². The molecule has 2 aliphatic carbocycles. The van der Waals surface area contributed by atoms with Crippen LogP contribution in [-0.2, 0) is 11.3 Å². The molecule has 1 aliphatic heterocycles. The first-order valence-electron chi connectivity index (χ1n) is 13.8. The van der Waals surface area contributed by atoms with Crippen LogP contribution in [0.25, 0.3) is 11.1 Å². The first-order chi connectivity index (χ1) is 17.7. The molecular weight excluding hydrogens is 468 g/mol. The molecule has 0 bridgehead atoms. The molecule has 0 radical (unpaired) electrons. The van der Waals surface area contributed by atoms with Gasteiger partial charge in [0.1, 0.15) is 0 Å². The molecule has 2 atom stereocenters. The largest absolute Gasteiger partial charge is 0.478 e. The van der Waals surface area contributed by atoms with Crippen LogP contribution in [-0.4, -0.2) is 50.2 Å². The summed E-state index contributed by atoms with van der Waals surface area (Å²) in [5, 5.41) is 22.0. The number of likely N-dealkylation sites (tertiary alicyclic amines) is 1. The number of carboxylic acids is 1. The lowest BCUT2D eigenvalue weighted by atomic mass is 9.65. The van der Waals surface area contributed by atoms with Gasteiger partial charge in [-0.15, -0.1) is 0 Å². The lowest BCUT2D eigenvalue weighted by Gasteiger charge is -2.53. The number of carboxylic acid groups (broad SMARTS) is 1. The minimum Gasteiger partial charge on any atom is -0.478 e. The summed E-state index contributed by atoms with van der Waals surface area (Å²) in [7, 11) is 0. The van der Waals surface area contributed by atoms with Crippen molar-refractivity contribution in [1.29, 1.82) is 0 Å². The lowest BCUT2D eigenvalue weighted by molar-refractivity contribution is -0.163. The van der Waals surface area contributed by atoms with Gasteiger partial charge in [0.25, 0.3) is 5.56 Å². The number of aliphatic hydroxyl groups is 1. The molecule has 2 heterocycles. The van der Waals surface area contributed by atoms with Gasteiger partial charge in [-0.25, -0.2) is 4.79 Å². The molecule has 5 rings (SSSR count). The van der Waals surface area contributed by atoms with Crippen LogP contribution in [0, 0.1) is 17.3 Å². The Morgan fingerprint density at radius 1 is 1.08 bits per heavy atom. The lowest BCUT2D eigenvalue weighted by Crippen LogP contribution is -2.62. The highest BCUT2D eigenvalue weighted by Gasteiger charge is 2.55. The van der Waals surface area contributed by atoms with E-state index in [1.165, 1.54) is 36.1 Å². The maximum Gasteiger partial charge on any atom is 0.337 e. The number of aromatic carboxylic acids is 1. The van der Waals surface area contributed by atoms with E-state index >= 15 is 0 Å². The summed E-state index contributed by atoms with van der Waals surface area (Å²) >= 11 is 0. The third-order valence-electron chi connectivity index (χ3n) is 9.35. The van der Waals surface area contributed by atoms with Gasteiger partial charge in [0.05, 0.1) is 17.7 Å². The number of pyridine rings is 1. The summed E-state index contributed by atoms with van der Waals surface area (Å²) in [4.78, 5) is 40.6. The van der Waals surface area contributed by atoms with Gasteiger partial charge in [0.15, 0.2) is 0 Å². The number of hydrogen-bond donors (Lipinski definition) is 2. The van der Waals surface area contributed by atoms with Crippen molar-refractivity contribution in [2.24, 2.45) is 17.3 Å². The fourth-order valence-corrected chi connectivity index (χ4v) is 6.93. The smallest absolute Gasteiger partial charge is 0.337 e. The zero-order valence-electron chi connectivity index (χ0n) is 21.7. The molecule has 1 aromatic heterocycles. The molecule has 2 aromatic rings. The van der Waals surface area contributed by atoms with Gasteiger partial charge in [0, 0.05) is 42.2 Å². The van der Waals surface area contributed by atoms with Gasteiger partial charge in [-0.3, -0.25) is 9.59 Å². The van der Waals surface area contributed by atoms with Crippen molar-refractivity contribution in [3.63, 3.8) is 0 Å². The normalized spacial score (nSPS) is 24.1. The van der Waals surface area contributed by atoms with E-state index in [1.807, 2.05) is 17.9 Å². The number of carbonyl (C=O) groups is 2. The van der Waals surface area contributed by atoms with E-state index in [0.29, 0.717) is 36.6 Å². The second-order valence-electron chi connectivity index (χ2n) is 11.7. The maximum absolute atomic E-state index is 13.4. The quantitative estimate of drug-likeness (QED) is 0.573. The number of piperidine rings is 1. The molecule has 7 nitrogen and oxygen atoms in total. The van der Waals surface area contributed by atoms with Crippen LogP contribution in [0.15, 0.2) is 47.4 Å². The number of aromatic nitrogens is 1. The number of rotatable bonds is 7. The Morgan fingerprint density at radius 3 is 2.41 bits per heavy atom. The number of amides is 1. The summed E-state index contributed by atoms with van der Waals surface area (Å²) in [6, 6.07) is 10.4. The molecule has 198 valence electrons. The van der Waals surface area contributed by atoms with Crippen molar-refractivity contribution in [1.82, 2.24) is 9.47 Å². The predicted molar refractivity (Wildman–Crippen MR) is 141 cm³/mol. The summed E-state index contributed by atoms with van der Waals surface area (Å²) in [5.41, 5.74) is -0.940. The van der Waals surface area contributed by atoms with E-state index < -0.39 is 17.0 Å². The molecule has 3 fully saturated rings. The predicted octanol–water partition coefficient (Wildman–Crippen LogP) is 4.56. The van der Waals surface area contributed by atoms with E-state index in [1.54, 1.807) is 24.3 Å². The van der Waals surface area contributed by atoms with E-state index in [9.17, 15) is 24.6 Å². The highest BCUT2D eigenvalue weighted by atomic mass is 16.4. The molecule has 1 aromatic carbocycles. The zero-order valence-corrected chi connectivity index (χ0v) is 21.7. The Morgan fingerprint density at radius 2 is 1.78 bits per heavy atom. The van der Waals surface area contributed by atoms with Gasteiger partial charge in [0.2, 0.25) is 5.91 Å². The highest BCUT2D eigenvalue weighted by molar-refractivity contribution is 5.95. The monoisotopic (exact) mass is 506 g/mol. The molecule has 2 saturated carbocycles. The molecule has 2 unspecified atom stereocenters. The molecular formula is C30H38N2O5. The Labute approximate surface area is 218 Å². The van der Waals surface area contributed by atoms with Crippen molar-refractivity contribution in [3.05, 3.63) is 58.5 Å². The Kier molecular flexibility index (Phi) is 7.01. The van der Waals surface area contributed by atoms with Crippen LogP contribution in [0.4, 0.5) is 0 Å². The van der Waals surface area contributed by atoms with Gasteiger partial charge < -0.3 is 19.7 Å². The minimum atomic E-state index is -1.19. The van der Waals surface area contributed by atoms with Crippen molar-refractivity contribution in [2.75, 3.05) is 13.1 Å². The van der Waals surface area contributed by atoms with Crippen molar-refractivity contribution >= 4 is 11.9 Å². The topological polar surface area (TPSA) is 99.8 Å². The van der Waals surface area contributed by atoms with E-state index in [2.05, 4.69) is 0 Å². The average Bonchev–Trinajstić information content (AvgIpc) is 3.34. The van der Waals surface area contributed by atoms with Gasteiger partial charge in [-0.05, 0) is 37.2 Å². The summed E-state index contributed by atoms with van der Waals surface area (Å²) < 4.78 is 1.37. The van der Waals surface area contributed by atoms with Crippen molar-refractivity contribution in [3.8, 4) is 11.1 Å². The van der Waals surface area contributed by atoms with Crippen LogP contribution < -0.4 is 5.56 Å². The molecule has 7 heteroatoms. The fourth-order valence-electron chi connectivity index (χ4n) is 6.93. The number of benzene rings is 1. The molecule has 1 amide bonds. The molecule has 37 heavy (non-hydrogen) atoms. The van der Waals surface area contributed by atoms with Crippen LogP contribution in [0.5, 0.6) is 0 Å². The molecule has 1 spiro atoms. The average molecular weight is 507 g/mol. The standard InChI is InChI=1S/C30H38N2O5/c1-21(16-22-8-7-9-22)27(34)31-15-14-30(37,29(19-31)12-5-6-13-29)20-32-18-25(28(35)36)24(17-26(32)33)23-10-3-2-4-11-23/h2-4,10-11,17-18,21-22,37H,5-9,12-16,19-20H2,1H3,(H,35,36). The summed E-state index contributed by atoms with van der Waals surface area (Å²) in [6.45, 7) is 3.01. The van der Waals surface area contributed by atoms with Crippen LogP contribution in [0.3, 0.4) is 0 Å². The van der Waals surface area contributed by atoms with Gasteiger partial charge in [-0.1, -0.05) is 69.4 Å². The van der Waals surface area contributed by atoms with Gasteiger partial charge in [-0.2, -0.15) is 0 Å². The SMILES string of the molecule is CC(CC1CCC1)C(=O)N1CCC(O)(Cn2cc(C(=O)O)c(-c3ccccc3)cc2=O)C2(CCCC2)C1. The molecule has 3 aliphatic rings. The highest BCUT2D eigenvalue weighted by Crippen LogP contribution is 2.52.